The van der Waals surface area contributed by atoms with E-state index in [1.807, 2.05) is 6.92 Å². The summed E-state index contributed by atoms with van der Waals surface area (Å²) in [7, 11) is 0. The lowest BCUT2D eigenvalue weighted by molar-refractivity contribution is 0.552. The van der Waals surface area contributed by atoms with E-state index in [2.05, 4.69) is 0 Å². The second kappa shape index (κ2) is 3.55. The summed E-state index contributed by atoms with van der Waals surface area (Å²) in [6, 6.07) is 8.14. The van der Waals surface area contributed by atoms with E-state index in [9.17, 15) is 8.78 Å². The Morgan fingerprint density at radius 1 is 1.00 bits per heavy atom. The molecule has 0 aliphatic carbocycles. The van der Waals surface area contributed by atoms with E-state index in [0.29, 0.717) is 22.8 Å². The van der Waals surface area contributed by atoms with Gasteiger partial charge in [-0.2, -0.15) is 0 Å². The summed E-state index contributed by atoms with van der Waals surface area (Å²) >= 11 is 0. The molecule has 1 nitrogen and oxygen atoms in total. The van der Waals surface area contributed by atoms with Crippen molar-refractivity contribution in [1.29, 1.82) is 0 Å². The molecule has 0 N–H and O–H groups in total. The van der Waals surface area contributed by atoms with Crippen molar-refractivity contribution in [3.63, 3.8) is 0 Å². The molecule has 86 valence electrons. The van der Waals surface area contributed by atoms with Crippen LogP contribution in [0.1, 0.15) is 12.5 Å². The van der Waals surface area contributed by atoms with Crippen molar-refractivity contribution in [3.8, 4) is 0 Å². The van der Waals surface area contributed by atoms with Gasteiger partial charge in [0.25, 0.3) is 0 Å². The molecule has 0 fully saturated rings. The van der Waals surface area contributed by atoms with Crippen LogP contribution in [0.25, 0.3) is 21.9 Å². The Balaban J connectivity index is 2.51. The molecule has 3 rings (SSSR count). The largest absolute Gasteiger partial charge is 0.450 e. The van der Waals surface area contributed by atoms with Crippen molar-refractivity contribution >= 4 is 21.9 Å². The summed E-state index contributed by atoms with van der Waals surface area (Å²) in [6.45, 7) is 1.87. The molecule has 1 aromatic heterocycles. The molecule has 0 amide bonds. The molecule has 0 saturated heterocycles. The minimum Gasteiger partial charge on any atom is -0.450 e. The lowest BCUT2D eigenvalue weighted by atomic mass is 10.1. The monoisotopic (exact) mass is 232 g/mol. The number of hydrogen-bond acceptors (Lipinski definition) is 1. The van der Waals surface area contributed by atoms with Crippen molar-refractivity contribution < 1.29 is 13.2 Å². The quantitative estimate of drug-likeness (QED) is 0.605. The zero-order chi connectivity index (χ0) is 12.0. The van der Waals surface area contributed by atoms with Crippen LogP contribution in [-0.2, 0) is 6.42 Å². The fourth-order valence-electron chi connectivity index (χ4n) is 2.11. The fraction of sp³-hybridized carbons (Fsp3) is 0.143. The smallest absolute Gasteiger partial charge is 0.171 e. The van der Waals surface area contributed by atoms with Crippen LogP contribution < -0.4 is 0 Å². The predicted octanol–water partition coefficient (Wildman–Crippen LogP) is 4.43. The first-order valence-electron chi connectivity index (χ1n) is 5.50. The van der Waals surface area contributed by atoms with E-state index in [0.717, 1.165) is 0 Å². The van der Waals surface area contributed by atoms with E-state index < -0.39 is 5.82 Å². The van der Waals surface area contributed by atoms with Gasteiger partial charge in [0.2, 0.25) is 0 Å². The zero-order valence-corrected chi connectivity index (χ0v) is 9.26. The number of halogens is 2. The Hall–Kier alpha value is -1.90. The highest BCUT2D eigenvalue weighted by atomic mass is 19.1. The minimum atomic E-state index is -0.462. The summed E-state index contributed by atoms with van der Waals surface area (Å²) in [4.78, 5) is 0. The van der Waals surface area contributed by atoms with E-state index in [1.165, 1.54) is 6.07 Å². The standard InChI is InChI=1S/C14H10F2O/c1-2-8-6-7-10-9-4-3-5-11(15)13(9)17-14(10)12(8)16/h3-7H,2H2,1H3. The highest BCUT2D eigenvalue weighted by Gasteiger charge is 2.15. The second-order valence-corrected chi connectivity index (χ2v) is 3.99. The van der Waals surface area contributed by atoms with Gasteiger partial charge < -0.3 is 4.42 Å². The Bertz CT molecular complexity index is 713. The van der Waals surface area contributed by atoms with Gasteiger partial charge in [-0.3, -0.25) is 0 Å². The molecule has 0 bridgehead atoms. The summed E-state index contributed by atoms with van der Waals surface area (Å²) in [6.07, 6.45) is 0.585. The molecule has 0 spiro atoms. The molecule has 0 atom stereocenters. The molecular formula is C14H10F2O. The number of benzene rings is 2. The van der Waals surface area contributed by atoms with E-state index in [4.69, 9.17) is 4.42 Å². The lowest BCUT2D eigenvalue weighted by Crippen LogP contribution is -1.86. The highest BCUT2D eigenvalue weighted by Crippen LogP contribution is 2.32. The third-order valence-corrected chi connectivity index (χ3v) is 3.02. The third kappa shape index (κ3) is 1.35. The number of aryl methyl sites for hydroxylation is 1. The van der Waals surface area contributed by atoms with Crippen molar-refractivity contribution in [2.75, 3.05) is 0 Å². The minimum absolute atomic E-state index is 0.120. The average Bonchev–Trinajstić information content (AvgIpc) is 2.71. The Labute approximate surface area is 96.7 Å². The van der Waals surface area contributed by atoms with Crippen LogP contribution in [0.2, 0.25) is 0 Å². The van der Waals surface area contributed by atoms with Gasteiger partial charge in [-0.25, -0.2) is 8.78 Å². The maximum Gasteiger partial charge on any atom is 0.171 e. The number of fused-ring (bicyclic) bond motifs is 3. The van der Waals surface area contributed by atoms with Gasteiger partial charge >= 0.3 is 0 Å². The fourth-order valence-corrected chi connectivity index (χ4v) is 2.11. The maximum absolute atomic E-state index is 14.0. The summed E-state index contributed by atoms with van der Waals surface area (Å²) in [5, 5.41) is 1.23. The number of hydrogen-bond donors (Lipinski definition) is 0. The van der Waals surface area contributed by atoms with Crippen molar-refractivity contribution in [3.05, 3.63) is 47.5 Å². The molecule has 2 aromatic carbocycles. The van der Waals surface area contributed by atoms with Crippen LogP contribution in [0.4, 0.5) is 8.78 Å². The molecule has 0 aliphatic rings. The van der Waals surface area contributed by atoms with Gasteiger partial charge in [0.05, 0.1) is 0 Å². The molecule has 0 aliphatic heterocycles. The number of para-hydroxylation sites is 1. The molecular weight excluding hydrogens is 222 g/mol. The molecule has 3 aromatic rings. The van der Waals surface area contributed by atoms with Gasteiger partial charge in [-0.15, -0.1) is 0 Å². The summed E-state index contributed by atoms with van der Waals surface area (Å²) in [5.41, 5.74) is 0.844. The normalized spacial score (nSPS) is 11.5. The highest BCUT2D eigenvalue weighted by molar-refractivity contribution is 6.05. The van der Waals surface area contributed by atoms with E-state index in [-0.39, 0.29) is 17.0 Å². The van der Waals surface area contributed by atoms with Gasteiger partial charge in [-0.05, 0) is 24.1 Å². The van der Waals surface area contributed by atoms with Crippen LogP contribution in [0.5, 0.6) is 0 Å². The van der Waals surface area contributed by atoms with Gasteiger partial charge in [0.1, 0.15) is 0 Å². The zero-order valence-electron chi connectivity index (χ0n) is 9.26. The molecule has 1 heterocycles. The SMILES string of the molecule is CCc1ccc2c(oc3c(F)cccc32)c1F. The topological polar surface area (TPSA) is 13.1 Å². The average molecular weight is 232 g/mol. The van der Waals surface area contributed by atoms with Gasteiger partial charge in [0, 0.05) is 10.8 Å². The molecule has 17 heavy (non-hydrogen) atoms. The summed E-state index contributed by atoms with van der Waals surface area (Å²) < 4.78 is 32.9. The van der Waals surface area contributed by atoms with E-state index in [1.54, 1.807) is 24.3 Å². The van der Waals surface area contributed by atoms with Crippen molar-refractivity contribution in [2.24, 2.45) is 0 Å². The Morgan fingerprint density at radius 3 is 2.53 bits per heavy atom. The van der Waals surface area contributed by atoms with Gasteiger partial charge in [-0.1, -0.05) is 25.1 Å². The Kier molecular flexibility index (Phi) is 2.15. The predicted molar refractivity (Wildman–Crippen MR) is 63.0 cm³/mol. The maximum atomic E-state index is 14.0. The Morgan fingerprint density at radius 2 is 1.76 bits per heavy atom. The van der Waals surface area contributed by atoms with Crippen LogP contribution in [0.3, 0.4) is 0 Å². The van der Waals surface area contributed by atoms with Crippen LogP contribution in [0, 0.1) is 11.6 Å². The first-order valence-corrected chi connectivity index (χ1v) is 5.50. The molecule has 0 unspecified atom stereocenters. The number of rotatable bonds is 1. The van der Waals surface area contributed by atoms with Crippen LogP contribution in [-0.4, -0.2) is 0 Å². The lowest BCUT2D eigenvalue weighted by Gasteiger charge is -1.98. The number of furan rings is 1. The first-order chi connectivity index (χ1) is 8.22. The van der Waals surface area contributed by atoms with Crippen molar-refractivity contribution in [1.82, 2.24) is 0 Å². The second-order valence-electron chi connectivity index (χ2n) is 3.99. The first kappa shape index (κ1) is 10.3. The van der Waals surface area contributed by atoms with E-state index >= 15 is 0 Å². The van der Waals surface area contributed by atoms with Crippen LogP contribution in [0.15, 0.2) is 34.7 Å². The van der Waals surface area contributed by atoms with Crippen LogP contribution >= 0.6 is 0 Å². The third-order valence-electron chi connectivity index (χ3n) is 3.02. The molecule has 3 heteroatoms. The van der Waals surface area contributed by atoms with Crippen molar-refractivity contribution in [2.45, 2.75) is 13.3 Å². The molecule has 0 radical (unpaired) electrons. The molecule has 0 saturated carbocycles. The summed E-state index contributed by atoms with van der Waals surface area (Å²) in [5.74, 6) is -0.850. The van der Waals surface area contributed by atoms with Gasteiger partial charge in [0.15, 0.2) is 22.8 Å².